The van der Waals surface area contributed by atoms with Crippen molar-refractivity contribution in [3.63, 3.8) is 0 Å². The highest BCUT2D eigenvalue weighted by molar-refractivity contribution is 5.41. The number of anilines is 1. The van der Waals surface area contributed by atoms with Gasteiger partial charge in [0.05, 0.1) is 6.61 Å². The van der Waals surface area contributed by atoms with E-state index in [0.29, 0.717) is 12.4 Å². The number of hydrogen-bond donors (Lipinski definition) is 2. The van der Waals surface area contributed by atoms with Crippen molar-refractivity contribution in [2.75, 3.05) is 12.0 Å². The Balaban J connectivity index is 2.54. The molecule has 0 bridgehead atoms. The summed E-state index contributed by atoms with van der Waals surface area (Å²) in [5.74, 6) is 5.97. The predicted octanol–water partition coefficient (Wildman–Crippen LogP) is 1.29. The Labute approximate surface area is 78.1 Å². The second kappa shape index (κ2) is 5.50. The van der Waals surface area contributed by atoms with Crippen LogP contribution in [0.15, 0.2) is 18.3 Å². The smallest absolute Gasteiger partial charge is 0.145 e. The molecule has 4 heteroatoms. The van der Waals surface area contributed by atoms with Gasteiger partial charge in [-0.2, -0.15) is 0 Å². The maximum absolute atomic E-state index is 5.38. The number of aromatic nitrogens is 1. The normalized spacial score (nSPS) is 10.0. The zero-order valence-electron chi connectivity index (χ0n) is 7.79. The van der Waals surface area contributed by atoms with Gasteiger partial charge in [0.25, 0.3) is 0 Å². The van der Waals surface area contributed by atoms with Gasteiger partial charge in [0, 0.05) is 18.4 Å². The van der Waals surface area contributed by atoms with Crippen molar-refractivity contribution in [2.24, 2.45) is 5.84 Å². The summed E-state index contributed by atoms with van der Waals surface area (Å²) in [4.78, 5) is 4.06. The van der Waals surface area contributed by atoms with Gasteiger partial charge in [0.15, 0.2) is 0 Å². The third kappa shape index (κ3) is 3.01. The molecule has 72 valence electrons. The summed E-state index contributed by atoms with van der Waals surface area (Å²) >= 11 is 0. The van der Waals surface area contributed by atoms with Crippen LogP contribution in [-0.4, -0.2) is 11.6 Å². The Kier molecular flexibility index (Phi) is 4.21. The Morgan fingerprint density at radius 3 is 3.15 bits per heavy atom. The van der Waals surface area contributed by atoms with E-state index in [4.69, 9.17) is 10.6 Å². The molecule has 3 N–H and O–H groups in total. The van der Waals surface area contributed by atoms with Crippen LogP contribution in [-0.2, 0) is 11.3 Å². The molecule has 0 radical (unpaired) electrons. The number of nitrogens with one attached hydrogen (secondary N) is 1. The molecule has 0 spiro atoms. The van der Waals surface area contributed by atoms with Crippen LogP contribution in [0.4, 0.5) is 5.82 Å². The van der Waals surface area contributed by atoms with Crippen LogP contribution in [0, 0.1) is 0 Å². The summed E-state index contributed by atoms with van der Waals surface area (Å²) in [5.41, 5.74) is 3.52. The summed E-state index contributed by atoms with van der Waals surface area (Å²) in [6, 6.07) is 3.81. The minimum atomic E-state index is 0.557. The fraction of sp³-hybridized carbons (Fsp3) is 0.444. The summed E-state index contributed by atoms with van der Waals surface area (Å²) in [7, 11) is 0. The molecule has 0 amide bonds. The first-order chi connectivity index (χ1) is 6.38. The Bertz CT molecular complexity index is 252. The largest absolute Gasteiger partial charge is 0.377 e. The Morgan fingerprint density at radius 2 is 2.46 bits per heavy atom. The third-order valence-electron chi connectivity index (χ3n) is 1.63. The zero-order valence-corrected chi connectivity index (χ0v) is 7.79. The topological polar surface area (TPSA) is 60.2 Å². The number of nitrogen functional groups attached to an aromatic ring is 1. The molecular formula is C9H15N3O. The number of hydrazine groups is 1. The van der Waals surface area contributed by atoms with Crippen LogP contribution < -0.4 is 11.3 Å². The molecule has 1 rings (SSSR count). The average Bonchev–Trinajstić information content (AvgIpc) is 2.19. The summed E-state index contributed by atoms with van der Waals surface area (Å²) in [5, 5.41) is 0. The van der Waals surface area contributed by atoms with Crippen LogP contribution in [0.25, 0.3) is 0 Å². The molecule has 0 aliphatic carbocycles. The maximum Gasteiger partial charge on any atom is 0.145 e. The second-order valence-corrected chi connectivity index (χ2v) is 2.71. The van der Waals surface area contributed by atoms with Crippen molar-refractivity contribution in [1.82, 2.24) is 4.98 Å². The first-order valence-corrected chi connectivity index (χ1v) is 4.36. The van der Waals surface area contributed by atoms with E-state index >= 15 is 0 Å². The number of hydrogen-bond acceptors (Lipinski definition) is 4. The molecule has 0 saturated carbocycles. The minimum absolute atomic E-state index is 0.557. The lowest BCUT2D eigenvalue weighted by molar-refractivity contribution is 0.121. The molecule has 0 unspecified atom stereocenters. The number of ether oxygens (including phenoxy) is 1. The van der Waals surface area contributed by atoms with Gasteiger partial charge in [-0.05, 0) is 12.5 Å². The molecule has 1 aromatic heterocycles. The molecule has 13 heavy (non-hydrogen) atoms. The lowest BCUT2D eigenvalue weighted by atomic mass is 10.3. The zero-order chi connectivity index (χ0) is 9.52. The van der Waals surface area contributed by atoms with Crippen molar-refractivity contribution in [3.8, 4) is 0 Å². The molecule has 1 heterocycles. The van der Waals surface area contributed by atoms with E-state index < -0.39 is 0 Å². The van der Waals surface area contributed by atoms with E-state index in [0.717, 1.165) is 18.6 Å². The molecule has 0 aromatic carbocycles. The fourth-order valence-electron chi connectivity index (χ4n) is 1.01. The van der Waals surface area contributed by atoms with Gasteiger partial charge < -0.3 is 10.2 Å². The molecule has 0 atom stereocenters. The lowest BCUT2D eigenvalue weighted by Gasteiger charge is -2.07. The van der Waals surface area contributed by atoms with Crippen LogP contribution in [0.5, 0.6) is 0 Å². The van der Waals surface area contributed by atoms with E-state index in [1.807, 2.05) is 12.1 Å². The van der Waals surface area contributed by atoms with E-state index in [2.05, 4.69) is 17.3 Å². The number of nitrogens with two attached hydrogens (primary N) is 1. The number of nitrogens with zero attached hydrogens (tertiary/aromatic N) is 1. The average molecular weight is 181 g/mol. The molecule has 0 fully saturated rings. The highest BCUT2D eigenvalue weighted by Crippen LogP contribution is 2.10. The van der Waals surface area contributed by atoms with Gasteiger partial charge in [0.2, 0.25) is 0 Å². The maximum atomic E-state index is 5.38. The molecule has 0 saturated heterocycles. The van der Waals surface area contributed by atoms with Crippen molar-refractivity contribution in [3.05, 3.63) is 23.9 Å². The molecule has 0 aliphatic rings. The van der Waals surface area contributed by atoms with E-state index in [1.54, 1.807) is 6.20 Å². The molecule has 4 nitrogen and oxygen atoms in total. The van der Waals surface area contributed by atoms with Crippen LogP contribution in [0.2, 0.25) is 0 Å². The van der Waals surface area contributed by atoms with Gasteiger partial charge in [-0.3, -0.25) is 0 Å². The van der Waals surface area contributed by atoms with Crippen molar-refractivity contribution < 1.29 is 4.74 Å². The Morgan fingerprint density at radius 1 is 1.62 bits per heavy atom. The summed E-state index contributed by atoms with van der Waals surface area (Å²) < 4.78 is 5.38. The third-order valence-corrected chi connectivity index (χ3v) is 1.63. The fourth-order valence-corrected chi connectivity index (χ4v) is 1.01. The van der Waals surface area contributed by atoms with Crippen LogP contribution in [0.1, 0.15) is 18.9 Å². The van der Waals surface area contributed by atoms with Gasteiger partial charge in [-0.15, -0.1) is 0 Å². The number of pyridine rings is 1. The Hall–Kier alpha value is -1.13. The monoisotopic (exact) mass is 181 g/mol. The standard InChI is InChI=1S/C9H15N3O/c1-2-6-13-7-8-4-3-5-11-9(8)12-10/h3-5H,2,6-7,10H2,1H3,(H,11,12). The highest BCUT2D eigenvalue weighted by atomic mass is 16.5. The second-order valence-electron chi connectivity index (χ2n) is 2.71. The van der Waals surface area contributed by atoms with E-state index in [-0.39, 0.29) is 0 Å². The molecule has 1 aromatic rings. The SMILES string of the molecule is CCCOCc1cccnc1NN. The lowest BCUT2D eigenvalue weighted by Crippen LogP contribution is -2.11. The number of rotatable bonds is 5. The summed E-state index contributed by atoms with van der Waals surface area (Å²) in [6.45, 7) is 3.39. The van der Waals surface area contributed by atoms with Crippen molar-refractivity contribution in [1.29, 1.82) is 0 Å². The van der Waals surface area contributed by atoms with Crippen molar-refractivity contribution >= 4 is 5.82 Å². The van der Waals surface area contributed by atoms with E-state index in [9.17, 15) is 0 Å². The van der Waals surface area contributed by atoms with Crippen molar-refractivity contribution in [2.45, 2.75) is 20.0 Å². The first-order valence-electron chi connectivity index (χ1n) is 4.36. The molecular weight excluding hydrogens is 166 g/mol. The van der Waals surface area contributed by atoms with Gasteiger partial charge in [-0.1, -0.05) is 13.0 Å². The van der Waals surface area contributed by atoms with E-state index in [1.165, 1.54) is 0 Å². The summed E-state index contributed by atoms with van der Waals surface area (Å²) in [6.07, 6.45) is 2.71. The van der Waals surface area contributed by atoms with Gasteiger partial charge in [-0.25, -0.2) is 10.8 Å². The molecule has 0 aliphatic heterocycles. The minimum Gasteiger partial charge on any atom is -0.377 e. The predicted molar refractivity (Wildman–Crippen MR) is 52.0 cm³/mol. The van der Waals surface area contributed by atoms with Gasteiger partial charge in [0.1, 0.15) is 5.82 Å². The highest BCUT2D eigenvalue weighted by Gasteiger charge is 2.00. The van der Waals surface area contributed by atoms with Gasteiger partial charge >= 0.3 is 0 Å². The van der Waals surface area contributed by atoms with Crippen LogP contribution >= 0.6 is 0 Å². The first kappa shape index (κ1) is 9.95. The quantitative estimate of drug-likeness (QED) is 0.408. The van der Waals surface area contributed by atoms with Crippen LogP contribution in [0.3, 0.4) is 0 Å².